The van der Waals surface area contributed by atoms with Crippen LogP contribution in [0.4, 0.5) is 15.8 Å². The number of anilines is 1. The van der Waals surface area contributed by atoms with Gasteiger partial charge in [0, 0.05) is 19.1 Å². The van der Waals surface area contributed by atoms with Crippen LogP contribution in [0.1, 0.15) is 39.5 Å². The van der Waals surface area contributed by atoms with Crippen molar-refractivity contribution >= 4 is 17.3 Å². The molecule has 2 rings (SSSR count). The zero-order valence-electron chi connectivity index (χ0n) is 14.1. The van der Waals surface area contributed by atoms with Crippen LogP contribution in [0.5, 0.6) is 0 Å². The van der Waals surface area contributed by atoms with Gasteiger partial charge >= 0.3 is 0 Å². The van der Waals surface area contributed by atoms with Crippen LogP contribution < -0.4 is 10.2 Å². The number of carbonyl (C=O) groups excluding carboxylic acids is 1. The lowest BCUT2D eigenvalue weighted by atomic mass is 9.96. The van der Waals surface area contributed by atoms with Gasteiger partial charge in [-0.05, 0) is 38.3 Å². The molecule has 1 heterocycles. The Labute approximate surface area is 141 Å². The highest BCUT2D eigenvalue weighted by atomic mass is 19.1. The first-order valence-electron chi connectivity index (χ1n) is 8.41. The molecule has 1 N–H and O–H groups in total. The van der Waals surface area contributed by atoms with Crippen LogP contribution in [0.25, 0.3) is 0 Å². The first-order chi connectivity index (χ1) is 11.4. The Morgan fingerprint density at radius 2 is 2.29 bits per heavy atom. The maximum atomic E-state index is 13.3. The Kier molecular flexibility index (Phi) is 6.11. The van der Waals surface area contributed by atoms with Crippen LogP contribution in [0.3, 0.4) is 0 Å². The first-order valence-corrected chi connectivity index (χ1v) is 8.41. The number of rotatable bonds is 6. The number of carbonyl (C=O) groups is 1. The Balaban J connectivity index is 2.11. The number of amides is 1. The summed E-state index contributed by atoms with van der Waals surface area (Å²) in [6, 6.07) is 3.70. The summed E-state index contributed by atoms with van der Waals surface area (Å²) in [6.07, 6.45) is 3.45. The van der Waals surface area contributed by atoms with Gasteiger partial charge < -0.3 is 10.2 Å². The second-order valence-corrected chi connectivity index (χ2v) is 6.37. The van der Waals surface area contributed by atoms with Crippen molar-refractivity contribution in [3.05, 3.63) is 34.1 Å². The standard InChI is InChI=1S/C17H24FN3O3/c1-3-5-12(2)19-17(22)13-6-4-9-20(11-13)15-8-7-14(18)10-16(15)21(23)24/h7-8,10,12-13H,3-6,9,11H2,1-2H3,(H,19,22). The summed E-state index contributed by atoms with van der Waals surface area (Å²) in [6.45, 7) is 5.09. The summed E-state index contributed by atoms with van der Waals surface area (Å²) in [5.41, 5.74) is 0.121. The van der Waals surface area contributed by atoms with Gasteiger partial charge in [0.2, 0.25) is 5.91 Å². The van der Waals surface area contributed by atoms with E-state index < -0.39 is 10.7 Å². The van der Waals surface area contributed by atoms with Gasteiger partial charge in [-0.3, -0.25) is 14.9 Å². The monoisotopic (exact) mass is 337 g/mol. The molecule has 0 aliphatic carbocycles. The van der Waals surface area contributed by atoms with Gasteiger partial charge in [0.15, 0.2) is 0 Å². The van der Waals surface area contributed by atoms with Crippen LogP contribution in [0.15, 0.2) is 18.2 Å². The van der Waals surface area contributed by atoms with Gasteiger partial charge in [-0.25, -0.2) is 4.39 Å². The van der Waals surface area contributed by atoms with Crippen LogP contribution in [0.2, 0.25) is 0 Å². The van der Waals surface area contributed by atoms with Crippen molar-refractivity contribution in [1.82, 2.24) is 5.32 Å². The fourth-order valence-corrected chi connectivity index (χ4v) is 3.19. The van der Waals surface area contributed by atoms with Gasteiger partial charge in [0.25, 0.3) is 5.69 Å². The molecule has 0 radical (unpaired) electrons. The van der Waals surface area contributed by atoms with Crippen molar-refractivity contribution in [3.63, 3.8) is 0 Å². The molecule has 2 unspecified atom stereocenters. The molecule has 0 aromatic heterocycles. The van der Waals surface area contributed by atoms with E-state index in [1.165, 1.54) is 12.1 Å². The highest BCUT2D eigenvalue weighted by Crippen LogP contribution is 2.32. The van der Waals surface area contributed by atoms with E-state index in [-0.39, 0.29) is 23.6 Å². The molecule has 1 fully saturated rings. The zero-order chi connectivity index (χ0) is 17.7. The number of nitro benzene ring substituents is 1. The fourth-order valence-electron chi connectivity index (χ4n) is 3.19. The van der Waals surface area contributed by atoms with E-state index in [2.05, 4.69) is 12.2 Å². The molecule has 6 nitrogen and oxygen atoms in total. The van der Waals surface area contributed by atoms with Crippen LogP contribution in [0, 0.1) is 21.8 Å². The highest BCUT2D eigenvalue weighted by molar-refractivity contribution is 5.80. The Hall–Kier alpha value is -2.18. The predicted octanol–water partition coefficient (Wildman–Crippen LogP) is 3.26. The van der Waals surface area contributed by atoms with Gasteiger partial charge in [0.05, 0.1) is 16.9 Å². The molecular weight excluding hydrogens is 313 g/mol. The van der Waals surface area contributed by atoms with Gasteiger partial charge in [-0.1, -0.05) is 13.3 Å². The number of hydrogen-bond acceptors (Lipinski definition) is 4. The Morgan fingerprint density at radius 1 is 1.54 bits per heavy atom. The summed E-state index contributed by atoms with van der Waals surface area (Å²) in [5, 5.41) is 14.2. The third kappa shape index (κ3) is 4.43. The third-order valence-electron chi connectivity index (χ3n) is 4.38. The maximum Gasteiger partial charge on any atom is 0.295 e. The van der Waals surface area contributed by atoms with Crippen molar-refractivity contribution < 1.29 is 14.1 Å². The second-order valence-electron chi connectivity index (χ2n) is 6.37. The zero-order valence-corrected chi connectivity index (χ0v) is 14.1. The average Bonchev–Trinajstić information content (AvgIpc) is 2.55. The van der Waals surface area contributed by atoms with E-state index >= 15 is 0 Å². The number of halogens is 1. The largest absolute Gasteiger partial charge is 0.365 e. The second kappa shape index (κ2) is 8.08. The van der Waals surface area contributed by atoms with Crippen molar-refractivity contribution in [2.45, 2.75) is 45.6 Å². The molecule has 0 bridgehead atoms. The third-order valence-corrected chi connectivity index (χ3v) is 4.38. The highest BCUT2D eigenvalue weighted by Gasteiger charge is 2.29. The number of nitrogens with one attached hydrogen (secondary N) is 1. The van der Waals surface area contributed by atoms with Crippen molar-refractivity contribution in [1.29, 1.82) is 0 Å². The van der Waals surface area contributed by atoms with Crippen molar-refractivity contribution in [3.8, 4) is 0 Å². The summed E-state index contributed by atoms with van der Waals surface area (Å²) >= 11 is 0. The minimum absolute atomic E-state index is 0.00888. The average molecular weight is 337 g/mol. The number of hydrogen-bond donors (Lipinski definition) is 1. The molecule has 1 aliphatic rings. The van der Waals surface area contributed by atoms with Crippen molar-refractivity contribution in [2.75, 3.05) is 18.0 Å². The Bertz CT molecular complexity index is 609. The summed E-state index contributed by atoms with van der Waals surface area (Å²) < 4.78 is 13.3. The van der Waals surface area contributed by atoms with E-state index in [1.54, 1.807) is 0 Å². The Morgan fingerprint density at radius 3 is 2.96 bits per heavy atom. The molecule has 24 heavy (non-hydrogen) atoms. The minimum atomic E-state index is -0.634. The molecular formula is C17H24FN3O3. The first kappa shape index (κ1) is 18.2. The van der Waals surface area contributed by atoms with Crippen LogP contribution >= 0.6 is 0 Å². The summed E-state index contributed by atoms with van der Waals surface area (Å²) in [4.78, 5) is 24.8. The molecule has 1 amide bonds. The molecule has 2 atom stereocenters. The van der Waals surface area contributed by atoms with Gasteiger partial charge in [-0.15, -0.1) is 0 Å². The smallest absolute Gasteiger partial charge is 0.295 e. The molecule has 1 saturated heterocycles. The molecule has 0 saturated carbocycles. The molecule has 7 heteroatoms. The predicted molar refractivity (Wildman–Crippen MR) is 90.5 cm³/mol. The lowest BCUT2D eigenvalue weighted by Gasteiger charge is -2.33. The number of nitro groups is 1. The maximum absolute atomic E-state index is 13.3. The molecule has 1 aromatic rings. The fraction of sp³-hybridized carbons (Fsp3) is 0.588. The van der Waals surface area contributed by atoms with E-state index in [0.29, 0.717) is 18.8 Å². The minimum Gasteiger partial charge on any atom is -0.365 e. The molecule has 132 valence electrons. The van der Waals surface area contributed by atoms with Crippen molar-refractivity contribution in [2.24, 2.45) is 5.92 Å². The number of nitrogens with zero attached hydrogens (tertiary/aromatic N) is 2. The molecule has 1 aromatic carbocycles. The van der Waals surface area contributed by atoms with E-state index in [0.717, 1.165) is 31.7 Å². The topological polar surface area (TPSA) is 75.5 Å². The number of benzene rings is 1. The lowest BCUT2D eigenvalue weighted by molar-refractivity contribution is -0.384. The summed E-state index contributed by atoms with van der Waals surface area (Å²) in [7, 11) is 0. The molecule has 0 spiro atoms. The summed E-state index contributed by atoms with van der Waals surface area (Å²) in [5.74, 6) is -0.849. The van der Waals surface area contributed by atoms with Crippen LogP contribution in [-0.2, 0) is 4.79 Å². The quantitative estimate of drug-likeness (QED) is 0.638. The van der Waals surface area contributed by atoms with Crippen LogP contribution in [-0.4, -0.2) is 30.0 Å². The van der Waals surface area contributed by atoms with E-state index in [9.17, 15) is 19.3 Å². The van der Waals surface area contributed by atoms with E-state index in [4.69, 9.17) is 0 Å². The van der Waals surface area contributed by atoms with Gasteiger partial charge in [-0.2, -0.15) is 0 Å². The van der Waals surface area contributed by atoms with E-state index in [1.807, 2.05) is 11.8 Å². The lowest BCUT2D eigenvalue weighted by Crippen LogP contribution is -2.45. The molecule has 1 aliphatic heterocycles. The SMILES string of the molecule is CCCC(C)NC(=O)C1CCCN(c2ccc(F)cc2[N+](=O)[O-])C1. The number of piperidine rings is 1. The van der Waals surface area contributed by atoms with Gasteiger partial charge in [0.1, 0.15) is 11.5 Å². The normalized spacial score (nSPS) is 19.0.